The normalized spacial score (nSPS) is 6.62. The van der Waals surface area contributed by atoms with Crippen LogP contribution in [0.5, 0.6) is 0 Å². The van der Waals surface area contributed by atoms with E-state index in [0.717, 1.165) is 0 Å². The maximum absolute atomic E-state index is 9.43. The van der Waals surface area contributed by atoms with Crippen molar-refractivity contribution in [3.63, 3.8) is 0 Å². The average Bonchev–Trinajstić information content (AvgIpc) is 1.85. The predicted molar refractivity (Wildman–Crippen MR) is 41.3 cm³/mol. The maximum atomic E-state index is 9.43. The first-order valence-electron chi connectivity index (χ1n) is 3.26. The topological polar surface area (TPSA) is 74.6 Å². The van der Waals surface area contributed by atoms with E-state index in [-0.39, 0.29) is 71.7 Å². The molecular weight excluding hydrogens is 194 g/mol. The van der Waals surface area contributed by atoms with Crippen LogP contribution >= 0.6 is 0 Å². The molecule has 0 spiro atoms. The number of carboxylic acids is 2. The number of aliphatic carboxylic acids is 2. The summed E-state index contributed by atoms with van der Waals surface area (Å²) in [6, 6.07) is 0. The van der Waals surface area contributed by atoms with Gasteiger partial charge < -0.3 is 18.1 Å². The molecule has 6 heteroatoms. The van der Waals surface area contributed by atoms with Crippen LogP contribution in [0.4, 0.5) is 0 Å². The first-order chi connectivity index (χ1) is 5.04. The third-order valence-electron chi connectivity index (χ3n) is 0.711. The van der Waals surface area contributed by atoms with Gasteiger partial charge in [-0.25, -0.2) is 0 Å². The Kier molecular flexibility index (Phi) is 34.5. The van der Waals surface area contributed by atoms with Crippen molar-refractivity contribution in [3.8, 4) is 0 Å². The molecule has 0 aliphatic carbocycles. The first kappa shape index (κ1) is 23.8. The second-order valence-electron chi connectivity index (χ2n) is 1.78. The zero-order chi connectivity index (χ0) is 9.28. The van der Waals surface area contributed by atoms with Crippen LogP contribution in [0.15, 0.2) is 0 Å². The van der Waals surface area contributed by atoms with Crippen molar-refractivity contribution in [2.24, 2.45) is 0 Å². The number of carbonyl (C=O) groups is 2. The molecule has 0 aliphatic rings. The van der Waals surface area contributed by atoms with Crippen LogP contribution in [0.2, 0.25) is 0 Å². The van der Waals surface area contributed by atoms with Gasteiger partial charge in [0, 0.05) is 0 Å². The molecule has 0 heterocycles. The summed E-state index contributed by atoms with van der Waals surface area (Å²) in [6.07, 6.45) is 2.51. The van der Waals surface area contributed by atoms with Gasteiger partial charge in [-0.2, -0.15) is 13.3 Å². The van der Waals surface area contributed by atoms with Crippen molar-refractivity contribution in [1.82, 2.24) is 0 Å². The van der Waals surface area contributed by atoms with Gasteiger partial charge >= 0.3 is 82.2 Å². The molecule has 0 saturated heterocycles. The Hall–Kier alpha value is 1.17. The van der Waals surface area contributed by atoms with E-state index in [0.29, 0.717) is 0 Å². The molecule has 0 saturated carbocycles. The fourth-order valence-electron chi connectivity index (χ4n) is 0.129. The van der Waals surface area contributed by atoms with Gasteiger partial charge in [0.2, 0.25) is 0 Å². The van der Waals surface area contributed by atoms with Crippen molar-refractivity contribution in [2.45, 2.75) is 26.7 Å². The molecule has 4 nitrogen and oxygen atoms in total. The van der Waals surface area contributed by atoms with Crippen molar-refractivity contribution >= 4 is 11.9 Å². The second-order valence-corrected chi connectivity index (χ2v) is 1.78. The van der Waals surface area contributed by atoms with Crippen molar-refractivity contribution in [1.29, 1.82) is 0 Å². The summed E-state index contributed by atoms with van der Waals surface area (Å²) in [5.74, 6) is -2.62. The predicted octanol–water partition coefficient (Wildman–Crippen LogP) is -4.71. The second kappa shape index (κ2) is 18.9. The van der Waals surface area contributed by atoms with E-state index >= 15 is 0 Å². The van der Waals surface area contributed by atoms with Crippen molar-refractivity contribution in [3.05, 3.63) is 6.42 Å². The van der Waals surface area contributed by atoms with Gasteiger partial charge in [-0.1, -0.05) is 6.92 Å². The van der Waals surface area contributed by atoms with E-state index in [1.807, 2.05) is 0 Å². The van der Waals surface area contributed by atoms with Crippen LogP contribution < -0.4 is 70.2 Å². The van der Waals surface area contributed by atoms with Crippen molar-refractivity contribution < 1.29 is 91.5 Å². The Morgan fingerprint density at radius 3 is 1.54 bits per heavy atom. The molecule has 0 aromatic rings. The molecule has 0 unspecified atom stereocenters. The minimum absolute atomic E-state index is 0. The van der Waals surface area contributed by atoms with Gasteiger partial charge in [-0.15, -0.1) is 0 Å². The summed E-state index contributed by atoms with van der Waals surface area (Å²) >= 11 is 0. The number of unbranched alkanes of at least 4 members (excludes halogenated alkanes) is 1. The number of rotatable bonds is 3. The molecule has 0 amide bonds. The Bertz CT molecular complexity index is 121. The summed E-state index contributed by atoms with van der Waals surface area (Å²) < 4.78 is 0. The largest absolute Gasteiger partial charge is 1.00 e. The molecule has 2 N–H and O–H groups in total. The van der Waals surface area contributed by atoms with Gasteiger partial charge in [0.25, 0.3) is 0 Å². The number of hydrogen-bond acceptors (Lipinski definition) is 2. The van der Waals surface area contributed by atoms with Gasteiger partial charge in [-0.05, 0) is 0 Å². The van der Waals surface area contributed by atoms with Crippen LogP contribution in [0, 0.1) is 6.42 Å². The summed E-state index contributed by atoms with van der Waals surface area (Å²) in [5.41, 5.74) is 0. The summed E-state index contributed by atoms with van der Waals surface area (Å²) in [5, 5.41) is 15.4. The zero-order valence-corrected chi connectivity index (χ0v) is 11.8. The third-order valence-corrected chi connectivity index (χ3v) is 0.711. The third kappa shape index (κ3) is 43.2. The monoisotopic (exact) mass is 208 g/mol. The van der Waals surface area contributed by atoms with Gasteiger partial charge in [0.1, 0.15) is 6.42 Å². The molecule has 0 bridgehead atoms. The minimum atomic E-state index is -1.31. The SMILES string of the molecule is C[CH-]CC.O=C(O)CC(=O)O.[H-].[K+].[Li+]. The van der Waals surface area contributed by atoms with Gasteiger partial charge in [0.15, 0.2) is 0 Å². The summed E-state index contributed by atoms with van der Waals surface area (Å²) in [7, 11) is 0. The van der Waals surface area contributed by atoms with Crippen LogP contribution in [0.1, 0.15) is 28.1 Å². The molecule has 0 aromatic carbocycles. The number of hydrogen-bond donors (Lipinski definition) is 2. The quantitative estimate of drug-likeness (QED) is 0.278. The van der Waals surface area contributed by atoms with Crippen LogP contribution in [0.25, 0.3) is 0 Å². The Labute approximate surface area is 135 Å². The standard InChI is InChI=1S/C4H9.C3H4O4.K.Li.H/c1-3-4-2;4-2(5)1-3(6)7;;;/h3H,4H2,1-2H3;1H2,(H,4,5)(H,6,7);;;/q-1;;2*+1;-1. The van der Waals surface area contributed by atoms with Crippen LogP contribution in [-0.4, -0.2) is 22.2 Å². The Morgan fingerprint density at radius 1 is 1.31 bits per heavy atom. The smallest absolute Gasteiger partial charge is 1.00 e. The van der Waals surface area contributed by atoms with E-state index < -0.39 is 18.4 Å². The van der Waals surface area contributed by atoms with E-state index in [9.17, 15) is 9.59 Å². The van der Waals surface area contributed by atoms with E-state index in [4.69, 9.17) is 10.2 Å². The summed E-state index contributed by atoms with van der Waals surface area (Å²) in [6.45, 7) is 4.18. The van der Waals surface area contributed by atoms with Crippen molar-refractivity contribution in [2.75, 3.05) is 0 Å². The van der Waals surface area contributed by atoms with E-state index in [2.05, 4.69) is 20.3 Å². The molecule has 0 radical (unpaired) electrons. The van der Waals surface area contributed by atoms with Gasteiger partial charge in [0.05, 0.1) is 0 Å². The Morgan fingerprint density at radius 2 is 1.54 bits per heavy atom. The van der Waals surface area contributed by atoms with E-state index in [1.54, 1.807) is 0 Å². The average molecular weight is 208 g/mol. The molecule has 0 fully saturated rings. The molecule has 0 rings (SSSR count). The van der Waals surface area contributed by atoms with Gasteiger partial charge in [-0.3, -0.25) is 9.59 Å². The number of carboxylic acid groups (broad SMARTS) is 2. The van der Waals surface area contributed by atoms with Crippen LogP contribution in [-0.2, 0) is 9.59 Å². The minimum Gasteiger partial charge on any atom is -1.00 e. The fourth-order valence-corrected chi connectivity index (χ4v) is 0.129. The maximum Gasteiger partial charge on any atom is 1.00 e. The molecule has 68 valence electrons. The Balaban J connectivity index is -0.0000000347. The molecule has 0 aromatic heterocycles. The molecular formula is C7H14KLiO4. The van der Waals surface area contributed by atoms with E-state index in [1.165, 1.54) is 6.42 Å². The fraction of sp³-hybridized carbons (Fsp3) is 0.571. The molecule has 0 atom stereocenters. The first-order valence-corrected chi connectivity index (χ1v) is 3.26. The molecule has 0 aliphatic heterocycles. The zero-order valence-electron chi connectivity index (χ0n) is 9.70. The molecule has 13 heavy (non-hydrogen) atoms. The summed E-state index contributed by atoms with van der Waals surface area (Å²) in [4.78, 5) is 18.9. The van der Waals surface area contributed by atoms with Crippen LogP contribution in [0.3, 0.4) is 0 Å².